The van der Waals surface area contributed by atoms with Crippen molar-refractivity contribution in [1.82, 2.24) is 9.55 Å². The van der Waals surface area contributed by atoms with Crippen LogP contribution in [0.1, 0.15) is 126 Å². The van der Waals surface area contributed by atoms with E-state index in [1.165, 1.54) is 57.0 Å². The van der Waals surface area contributed by atoms with Gasteiger partial charge >= 0.3 is 0 Å². The molecule has 16 nitrogen and oxygen atoms in total. The van der Waals surface area contributed by atoms with Crippen LogP contribution in [-0.2, 0) is 49.2 Å². The molecule has 558 valence electrons. The Kier molecular flexibility index (Phi) is 40.2. The highest BCUT2D eigenvalue weighted by molar-refractivity contribution is 7.99. The van der Waals surface area contributed by atoms with Crippen LogP contribution in [0.3, 0.4) is 0 Å². The van der Waals surface area contributed by atoms with Gasteiger partial charge in [-0.15, -0.1) is 11.8 Å². The summed E-state index contributed by atoms with van der Waals surface area (Å²) < 4.78 is 124. The van der Waals surface area contributed by atoms with Gasteiger partial charge in [-0.2, -0.15) is 0 Å². The Morgan fingerprint density at radius 1 is 0.380 bits per heavy atom. The largest absolute Gasteiger partial charge is 0.372 e. The van der Waals surface area contributed by atoms with Gasteiger partial charge in [0.15, 0.2) is 49.2 Å². The van der Waals surface area contributed by atoms with Gasteiger partial charge < -0.3 is 24.2 Å². The van der Waals surface area contributed by atoms with E-state index >= 15 is 0 Å². The number of hydrogen-bond donors (Lipinski definition) is 0. The van der Waals surface area contributed by atoms with Gasteiger partial charge in [0.25, 0.3) is 0 Å². The van der Waals surface area contributed by atoms with Gasteiger partial charge in [0.2, 0.25) is 0 Å². The molecule has 0 saturated carbocycles. The molecule has 3 aliphatic rings. The second-order valence-corrected chi connectivity index (χ2v) is 50.0. The fraction of sp³-hybridized carbons (Fsp3) is 0.548. The number of anilines is 4. The molecule has 6 aromatic rings. The molecule has 1 aromatic heterocycles. The van der Waals surface area contributed by atoms with Gasteiger partial charge in [0, 0.05) is 156 Å². The Hall–Kier alpha value is -4.31. The van der Waals surface area contributed by atoms with Crippen molar-refractivity contribution in [2.24, 2.45) is 0 Å². The van der Waals surface area contributed by atoms with Crippen LogP contribution in [0.15, 0.2) is 165 Å². The summed E-state index contributed by atoms with van der Waals surface area (Å²) in [5.74, 6) is 2.74. The fourth-order valence-electron chi connectivity index (χ4n) is 12.0. The highest BCUT2D eigenvalue weighted by atomic mass is 32.2. The van der Waals surface area contributed by atoms with Crippen LogP contribution in [0.4, 0.5) is 22.7 Å². The lowest BCUT2D eigenvalue weighted by Crippen LogP contribution is -2.29. The zero-order valence-electron chi connectivity index (χ0n) is 61.4. The molecule has 9 rings (SSSR count). The molecule has 0 N–H and O–H groups in total. The van der Waals surface area contributed by atoms with E-state index in [-0.39, 0.29) is 24.8 Å². The van der Waals surface area contributed by atoms with E-state index in [9.17, 15) is 42.1 Å². The summed E-state index contributed by atoms with van der Waals surface area (Å²) >= 11 is 1.92. The van der Waals surface area contributed by atoms with Crippen LogP contribution in [0.2, 0.25) is 42.3 Å². The maximum atomic E-state index is 12.3. The summed E-state index contributed by atoms with van der Waals surface area (Å²) in [6.07, 6.45) is 18.9. The minimum absolute atomic E-state index is 0.0276. The summed E-state index contributed by atoms with van der Waals surface area (Å²) in [6.45, 7) is 22.2. The molecule has 0 amide bonds. The van der Waals surface area contributed by atoms with Gasteiger partial charge in [-0.1, -0.05) is 109 Å². The molecule has 4 heterocycles. The molecular formula is C73H120N6O10S6Si5. The molecule has 0 unspecified atom stereocenters. The number of thioether (sulfide) groups is 1. The van der Waals surface area contributed by atoms with Gasteiger partial charge in [0.05, 0.1) is 48.2 Å². The first kappa shape index (κ1) is 86.3. The van der Waals surface area contributed by atoms with E-state index in [1.807, 2.05) is 83.2 Å². The molecule has 3 saturated heterocycles. The molecule has 27 heteroatoms. The molecular weight excluding hydrogens is 1450 g/mol. The molecule has 0 radical (unpaired) electrons. The third-order valence-electron chi connectivity index (χ3n) is 18.3. The number of hydrogen-bond acceptors (Lipinski definition) is 16. The summed E-state index contributed by atoms with van der Waals surface area (Å²) in [4.78, 5) is 15.5. The van der Waals surface area contributed by atoms with Crippen molar-refractivity contribution in [3.63, 3.8) is 0 Å². The van der Waals surface area contributed by atoms with Crippen molar-refractivity contribution >= 4 is 131 Å². The minimum Gasteiger partial charge on any atom is -0.372 e. The van der Waals surface area contributed by atoms with Crippen molar-refractivity contribution in [1.29, 1.82) is 0 Å². The number of nitrogens with zero attached hydrogens (tertiary/aromatic N) is 6. The predicted molar refractivity (Wildman–Crippen MR) is 442 cm³/mol. The molecule has 0 atom stereocenters. The Labute approximate surface area is 620 Å². The first-order valence-corrected chi connectivity index (χ1v) is 56.7. The molecule has 0 spiro atoms. The minimum atomic E-state index is -3.14. The number of sulfone groups is 5. The zero-order valence-corrected chi connectivity index (χ0v) is 73.3. The summed E-state index contributed by atoms with van der Waals surface area (Å²) in [5.41, 5.74) is 5.46. The van der Waals surface area contributed by atoms with Crippen molar-refractivity contribution in [2.75, 3.05) is 105 Å². The summed E-state index contributed by atoms with van der Waals surface area (Å²) in [7, 11) is -16.8. The van der Waals surface area contributed by atoms with Crippen molar-refractivity contribution < 1.29 is 42.1 Å². The molecule has 0 aliphatic carbocycles. The summed E-state index contributed by atoms with van der Waals surface area (Å²) in [6, 6.07) is 45.1. The van der Waals surface area contributed by atoms with Crippen LogP contribution >= 0.6 is 11.8 Å². The highest BCUT2D eigenvalue weighted by Crippen LogP contribution is 2.27. The van der Waals surface area contributed by atoms with E-state index < -0.39 is 77.7 Å². The second kappa shape index (κ2) is 46.5. The lowest BCUT2D eigenvalue weighted by molar-refractivity contribution is 0.577. The van der Waals surface area contributed by atoms with E-state index in [1.54, 1.807) is 73.2 Å². The van der Waals surface area contributed by atoms with Crippen LogP contribution in [-0.4, -0.2) is 184 Å². The standard InChI is InChI=1S/C15H22N2O2SSi.C15H25NO2S2Si.C15H25NO2SSi.C14H23NO2SSi.C14H25NO2SSi/c1-2-11-21-12-3-10-20(18,19)15-6-4-14(5-7-15)17-9-8-16-13-17;1-2-11-21-12-3-10-20(17,18)15-6-4-14(5-7-15)16-8-9-19-13-16;1-2-12-20-13-19(17,18)15-8-6-14(7-9-15)16-10-4-3-5-11-16;1-2-11-19-12-18(16,17)14-7-5-13(6-8-14)15-9-3-4-10-15;1-4-11-19-12-18(16,17)14-9-7-13(8-10-14)15(5-2)6-3/h4-9,13H,2-3,10-12,21H2,1H3;4-7H,2-3,8-13,21H2,1H3;6-9H,2-5,10-13,20H2,1H3;5-8H,2-4,9-12,19H2,1H3;7-10H,4-6,11-12,19H2,1-3H3. The number of rotatable bonds is 36. The molecule has 3 fully saturated rings. The van der Waals surface area contributed by atoms with Gasteiger partial charge in [-0.05, 0) is 180 Å². The van der Waals surface area contributed by atoms with Crippen LogP contribution in [0.5, 0.6) is 0 Å². The van der Waals surface area contributed by atoms with E-state index in [0.717, 1.165) is 148 Å². The first-order chi connectivity index (χ1) is 48.1. The van der Waals surface area contributed by atoms with Crippen LogP contribution < -0.4 is 19.6 Å². The number of imidazole rings is 1. The number of aromatic nitrogens is 2. The smallest absolute Gasteiger partial charge is 0.178 e. The maximum absolute atomic E-state index is 12.3. The van der Waals surface area contributed by atoms with Crippen molar-refractivity contribution in [3.05, 3.63) is 140 Å². The maximum Gasteiger partial charge on any atom is 0.178 e. The number of piperidine rings is 1. The van der Waals surface area contributed by atoms with E-state index in [2.05, 4.69) is 73.0 Å². The topological polar surface area (TPSA) is 201 Å². The Morgan fingerprint density at radius 3 is 1.04 bits per heavy atom. The zero-order chi connectivity index (χ0) is 72.7. The predicted octanol–water partition coefficient (Wildman–Crippen LogP) is 11.9. The van der Waals surface area contributed by atoms with E-state index in [0.29, 0.717) is 46.4 Å². The van der Waals surface area contributed by atoms with Gasteiger partial charge in [-0.3, -0.25) is 0 Å². The van der Waals surface area contributed by atoms with Crippen molar-refractivity contribution in [2.45, 2.75) is 192 Å². The SMILES string of the molecule is CCC[SiH2]CCCS(=O)(=O)c1ccc(-n2ccnc2)cc1.CCC[SiH2]CCCS(=O)(=O)c1ccc(N2CCSC2)cc1.CCC[SiH2]CS(=O)(=O)c1ccc(N(CC)CC)cc1.CCC[SiH2]CS(=O)(=O)c1ccc(N2CCCC2)cc1.CCC[SiH2]CS(=O)(=O)c1ccc(N2CCCCC2)cc1. The summed E-state index contributed by atoms with van der Waals surface area (Å²) in [5, 5.41) is 1.21. The second-order valence-electron chi connectivity index (χ2n) is 26.2. The van der Waals surface area contributed by atoms with Crippen LogP contribution in [0, 0.1) is 0 Å². The number of benzene rings is 5. The third-order valence-corrected chi connectivity index (χ3v) is 43.8. The highest BCUT2D eigenvalue weighted by Gasteiger charge is 2.21. The van der Waals surface area contributed by atoms with Crippen LogP contribution in [0.25, 0.3) is 5.69 Å². The molecule has 100 heavy (non-hydrogen) atoms. The monoisotopic (exact) mass is 1570 g/mol. The van der Waals surface area contributed by atoms with Gasteiger partial charge in [-0.25, -0.2) is 47.1 Å². The molecule has 3 aliphatic heterocycles. The molecule has 5 aromatic carbocycles. The first-order valence-electron chi connectivity index (χ1n) is 37.3. The molecule has 0 bridgehead atoms. The fourth-order valence-corrected chi connectivity index (χ4v) is 32.4. The average molecular weight is 1570 g/mol. The quantitative estimate of drug-likeness (QED) is 0.0265. The third kappa shape index (κ3) is 30.4. The Balaban J connectivity index is 0.000000225. The lowest BCUT2D eigenvalue weighted by Gasteiger charge is -2.28. The Morgan fingerprint density at radius 2 is 0.710 bits per heavy atom. The van der Waals surface area contributed by atoms with Crippen molar-refractivity contribution in [3.8, 4) is 5.69 Å². The lowest BCUT2D eigenvalue weighted by atomic mass is 10.1. The normalized spacial score (nSPS) is 14.8. The van der Waals surface area contributed by atoms with Gasteiger partial charge in [0.1, 0.15) is 0 Å². The van der Waals surface area contributed by atoms with E-state index in [4.69, 9.17) is 0 Å². The average Bonchev–Trinajstić information content (AvgIpc) is 1.33. The Bertz CT molecular complexity index is 3710.